The number of halogens is 1. The first-order valence-corrected chi connectivity index (χ1v) is 15.9. The average Bonchev–Trinajstić information content (AvgIpc) is 2.98. The molecule has 0 aromatic heterocycles. The molecule has 3 saturated heterocycles. The Bertz CT molecular complexity index is 1030. The van der Waals surface area contributed by atoms with E-state index in [0.29, 0.717) is 50.1 Å². The van der Waals surface area contributed by atoms with Crippen molar-refractivity contribution in [3.8, 4) is 0 Å². The lowest BCUT2D eigenvalue weighted by molar-refractivity contribution is -0.135. The van der Waals surface area contributed by atoms with Crippen molar-refractivity contribution in [2.75, 3.05) is 83.4 Å². The highest BCUT2D eigenvalue weighted by molar-refractivity contribution is 6.31. The highest BCUT2D eigenvalue weighted by Crippen LogP contribution is 2.28. The summed E-state index contributed by atoms with van der Waals surface area (Å²) < 4.78 is 0. The Labute approximate surface area is 251 Å². The summed E-state index contributed by atoms with van der Waals surface area (Å²) in [6.45, 7) is 15.5. The Morgan fingerprint density at radius 3 is 2.27 bits per heavy atom. The summed E-state index contributed by atoms with van der Waals surface area (Å²) in [4.78, 5) is 49.2. The molecule has 0 unspecified atom stereocenters. The van der Waals surface area contributed by atoms with Gasteiger partial charge in [-0.1, -0.05) is 17.7 Å². The Hall–Kier alpha value is -2.20. The van der Waals surface area contributed by atoms with Crippen LogP contribution in [-0.2, 0) is 14.4 Å². The molecule has 1 N–H and O–H groups in total. The predicted molar refractivity (Wildman–Crippen MR) is 164 cm³/mol. The van der Waals surface area contributed by atoms with Crippen LogP contribution in [0.2, 0.25) is 5.02 Å². The van der Waals surface area contributed by atoms with Gasteiger partial charge in [-0.3, -0.25) is 19.3 Å². The molecule has 0 saturated carbocycles. The minimum atomic E-state index is -0.0832. The number of carbonyl (C=O) groups excluding carboxylic acids is 3. The third-order valence-electron chi connectivity index (χ3n) is 9.11. The van der Waals surface area contributed by atoms with Gasteiger partial charge in [0.05, 0.1) is 6.54 Å². The van der Waals surface area contributed by atoms with Crippen LogP contribution in [0, 0.1) is 12.8 Å². The second kappa shape index (κ2) is 15.3. The summed E-state index contributed by atoms with van der Waals surface area (Å²) in [7, 11) is 0. The fraction of sp³-hybridized carbons (Fsp3) is 0.710. The van der Waals surface area contributed by atoms with Gasteiger partial charge in [-0.2, -0.15) is 0 Å². The van der Waals surface area contributed by atoms with E-state index in [9.17, 15) is 14.4 Å². The molecule has 0 spiro atoms. The van der Waals surface area contributed by atoms with Crippen LogP contribution in [-0.4, -0.2) is 122 Å². The van der Waals surface area contributed by atoms with E-state index in [1.54, 1.807) is 6.92 Å². The minimum Gasteiger partial charge on any atom is -0.343 e. The van der Waals surface area contributed by atoms with E-state index in [1.165, 1.54) is 0 Å². The smallest absolute Gasteiger partial charge is 0.236 e. The zero-order valence-electron chi connectivity index (χ0n) is 25.2. The molecule has 41 heavy (non-hydrogen) atoms. The molecule has 10 heteroatoms. The molecule has 0 bridgehead atoms. The van der Waals surface area contributed by atoms with Gasteiger partial charge in [-0.15, -0.1) is 0 Å². The van der Waals surface area contributed by atoms with Crippen LogP contribution in [0.1, 0.15) is 51.5 Å². The van der Waals surface area contributed by atoms with Crippen LogP contribution in [0.5, 0.6) is 0 Å². The second-order valence-corrected chi connectivity index (χ2v) is 12.2. The first kappa shape index (κ1) is 31.7. The number of hydrogen-bond donors (Lipinski definition) is 1. The second-order valence-electron chi connectivity index (χ2n) is 11.8. The molecule has 3 fully saturated rings. The molecule has 0 atom stereocenters. The van der Waals surface area contributed by atoms with Gasteiger partial charge >= 0.3 is 0 Å². The standard InChI is InChI=1S/C31H49ClN6O3/c1-4-37(30(40)23-35-20-12-33-13-21-35)27-10-16-34(17-11-27)14-5-15-38(28-7-6-24(2)29(32)22-28)31(41)26-8-18-36(19-9-26)25(3)39/h6-7,22,26-27,33H,4-5,8-21,23H2,1-3H3. The van der Waals surface area contributed by atoms with E-state index < -0.39 is 0 Å². The number of nitrogens with zero attached hydrogens (tertiary/aromatic N) is 5. The van der Waals surface area contributed by atoms with Gasteiger partial charge in [-0.25, -0.2) is 0 Å². The Morgan fingerprint density at radius 2 is 1.66 bits per heavy atom. The maximum absolute atomic E-state index is 13.7. The number of rotatable bonds is 10. The number of piperazine rings is 1. The van der Waals surface area contributed by atoms with Crippen molar-refractivity contribution in [3.05, 3.63) is 28.8 Å². The van der Waals surface area contributed by atoms with Crippen molar-refractivity contribution < 1.29 is 14.4 Å². The van der Waals surface area contributed by atoms with Crippen LogP contribution in [0.4, 0.5) is 5.69 Å². The highest BCUT2D eigenvalue weighted by Gasteiger charge is 2.31. The average molecular weight is 589 g/mol. The maximum Gasteiger partial charge on any atom is 0.236 e. The van der Waals surface area contributed by atoms with Crippen LogP contribution >= 0.6 is 11.6 Å². The minimum absolute atomic E-state index is 0.0767. The van der Waals surface area contributed by atoms with E-state index in [1.807, 2.05) is 34.9 Å². The quantitative estimate of drug-likeness (QED) is 0.453. The van der Waals surface area contributed by atoms with Crippen LogP contribution in [0.15, 0.2) is 18.2 Å². The molecule has 228 valence electrons. The number of amides is 3. The Kier molecular flexibility index (Phi) is 11.9. The lowest BCUT2D eigenvalue weighted by Crippen LogP contribution is -2.52. The van der Waals surface area contributed by atoms with Gasteiger partial charge in [0.2, 0.25) is 17.7 Å². The molecular weight excluding hydrogens is 540 g/mol. The number of likely N-dealkylation sites (N-methyl/N-ethyl adjacent to an activating group) is 1. The van der Waals surface area contributed by atoms with E-state index in [4.69, 9.17) is 11.6 Å². The summed E-state index contributed by atoms with van der Waals surface area (Å²) in [6, 6.07) is 6.18. The number of benzene rings is 1. The van der Waals surface area contributed by atoms with Crippen molar-refractivity contribution in [1.82, 2.24) is 24.9 Å². The van der Waals surface area contributed by atoms with Gasteiger partial charge in [-0.05, 0) is 70.2 Å². The van der Waals surface area contributed by atoms with Crippen LogP contribution in [0.25, 0.3) is 0 Å². The van der Waals surface area contributed by atoms with E-state index >= 15 is 0 Å². The van der Waals surface area contributed by atoms with E-state index in [-0.39, 0.29) is 23.6 Å². The maximum atomic E-state index is 13.7. The summed E-state index contributed by atoms with van der Waals surface area (Å²) in [6.07, 6.45) is 4.25. The van der Waals surface area contributed by atoms with Gasteiger partial charge in [0.15, 0.2) is 0 Å². The largest absolute Gasteiger partial charge is 0.343 e. The molecule has 9 nitrogen and oxygen atoms in total. The number of hydrogen-bond acceptors (Lipinski definition) is 6. The molecule has 1 aromatic carbocycles. The zero-order chi connectivity index (χ0) is 29.4. The van der Waals surface area contributed by atoms with Crippen LogP contribution in [0.3, 0.4) is 0 Å². The number of anilines is 1. The Morgan fingerprint density at radius 1 is 0.976 bits per heavy atom. The van der Waals surface area contributed by atoms with Crippen molar-refractivity contribution in [1.29, 1.82) is 0 Å². The molecule has 0 aliphatic carbocycles. The lowest BCUT2D eigenvalue weighted by atomic mass is 9.94. The van der Waals surface area contributed by atoms with Gasteiger partial charge in [0.1, 0.15) is 0 Å². The van der Waals surface area contributed by atoms with Crippen molar-refractivity contribution in [2.24, 2.45) is 5.92 Å². The summed E-state index contributed by atoms with van der Waals surface area (Å²) in [5, 5.41) is 4.02. The number of aryl methyl sites for hydroxylation is 1. The lowest BCUT2D eigenvalue weighted by Gasteiger charge is -2.39. The van der Waals surface area contributed by atoms with Crippen LogP contribution < -0.4 is 10.2 Å². The normalized spacial score (nSPS) is 19.8. The topological polar surface area (TPSA) is 79.4 Å². The van der Waals surface area contributed by atoms with Gasteiger partial charge < -0.3 is 24.9 Å². The van der Waals surface area contributed by atoms with Gasteiger partial charge in [0.25, 0.3) is 0 Å². The number of nitrogens with one attached hydrogen (secondary N) is 1. The first-order valence-electron chi connectivity index (χ1n) is 15.5. The first-order chi connectivity index (χ1) is 19.8. The molecule has 0 radical (unpaired) electrons. The number of likely N-dealkylation sites (tertiary alicyclic amines) is 2. The molecule has 4 rings (SSSR count). The summed E-state index contributed by atoms with van der Waals surface area (Å²) in [5.41, 5.74) is 1.84. The van der Waals surface area contributed by atoms with Crippen molar-refractivity contribution in [3.63, 3.8) is 0 Å². The number of piperidine rings is 2. The SMILES string of the molecule is CCN(C(=O)CN1CCNCC1)C1CCN(CCCN(C(=O)C2CCN(C(C)=O)CC2)c2ccc(C)c(Cl)c2)CC1. The molecule has 3 aliphatic heterocycles. The fourth-order valence-corrected chi connectivity index (χ4v) is 6.65. The monoisotopic (exact) mass is 588 g/mol. The van der Waals surface area contributed by atoms with Crippen molar-refractivity contribution in [2.45, 2.75) is 58.9 Å². The predicted octanol–water partition coefficient (Wildman–Crippen LogP) is 2.85. The highest BCUT2D eigenvalue weighted by atomic mass is 35.5. The third kappa shape index (κ3) is 8.66. The molecule has 3 amide bonds. The van der Waals surface area contributed by atoms with Crippen molar-refractivity contribution >= 4 is 35.0 Å². The molecular formula is C31H49ClN6O3. The van der Waals surface area contributed by atoms with Gasteiger partial charge in [0, 0.05) is 95.0 Å². The van der Waals surface area contributed by atoms with E-state index in [0.717, 1.165) is 82.9 Å². The molecule has 3 heterocycles. The summed E-state index contributed by atoms with van der Waals surface area (Å²) in [5.74, 6) is 0.384. The summed E-state index contributed by atoms with van der Waals surface area (Å²) >= 11 is 6.46. The molecule has 1 aromatic rings. The van der Waals surface area contributed by atoms with E-state index in [2.05, 4.69) is 26.9 Å². The zero-order valence-corrected chi connectivity index (χ0v) is 26.0. The molecule has 3 aliphatic rings. The fourth-order valence-electron chi connectivity index (χ4n) is 6.47. The Balaban J connectivity index is 1.29. The third-order valence-corrected chi connectivity index (χ3v) is 9.51. The number of carbonyl (C=O) groups is 3.